The predicted octanol–water partition coefficient (Wildman–Crippen LogP) is 2.17. The maximum Gasteiger partial charge on any atom is 0.307 e. The second-order valence-electron chi connectivity index (χ2n) is 3.51. The number of benzene rings is 1. The first-order valence-electron chi connectivity index (χ1n) is 4.73. The number of carboxylic acids is 1. The van der Waals surface area contributed by atoms with Gasteiger partial charge in [-0.05, 0) is 24.1 Å². The molecule has 3 nitrogen and oxygen atoms in total. The van der Waals surface area contributed by atoms with Crippen molar-refractivity contribution in [1.29, 1.82) is 0 Å². The lowest BCUT2D eigenvalue weighted by Gasteiger charge is -2.04. The standard InChI is InChI=1S/C12H11NO2/c1-8-5-6-13-12-9(7-11(14)15)3-2-4-10(8)12/h2-6H,7H2,1H3,(H,14,15). The summed E-state index contributed by atoms with van der Waals surface area (Å²) in [4.78, 5) is 14.9. The Hall–Kier alpha value is -1.90. The zero-order chi connectivity index (χ0) is 10.8. The van der Waals surface area contributed by atoms with E-state index in [1.54, 1.807) is 6.20 Å². The first kappa shape index (κ1) is 9.65. The molecule has 2 rings (SSSR count). The highest BCUT2D eigenvalue weighted by Gasteiger charge is 2.06. The number of pyridine rings is 1. The Balaban J connectivity index is 2.65. The van der Waals surface area contributed by atoms with Crippen LogP contribution in [-0.4, -0.2) is 16.1 Å². The van der Waals surface area contributed by atoms with Crippen LogP contribution in [0.2, 0.25) is 0 Å². The van der Waals surface area contributed by atoms with Crippen LogP contribution in [0.25, 0.3) is 10.9 Å². The number of carboxylic acid groups (broad SMARTS) is 1. The minimum absolute atomic E-state index is 0.0216. The molecule has 0 saturated heterocycles. The summed E-state index contributed by atoms with van der Waals surface area (Å²) < 4.78 is 0. The summed E-state index contributed by atoms with van der Waals surface area (Å²) in [5.74, 6) is -0.828. The summed E-state index contributed by atoms with van der Waals surface area (Å²) >= 11 is 0. The van der Waals surface area contributed by atoms with Crippen molar-refractivity contribution < 1.29 is 9.90 Å². The quantitative estimate of drug-likeness (QED) is 0.810. The van der Waals surface area contributed by atoms with Crippen LogP contribution >= 0.6 is 0 Å². The lowest BCUT2D eigenvalue weighted by Crippen LogP contribution is -2.01. The van der Waals surface area contributed by atoms with Gasteiger partial charge in [-0.15, -0.1) is 0 Å². The Morgan fingerprint density at radius 2 is 2.20 bits per heavy atom. The van der Waals surface area contributed by atoms with E-state index in [0.29, 0.717) is 0 Å². The largest absolute Gasteiger partial charge is 0.481 e. The lowest BCUT2D eigenvalue weighted by molar-refractivity contribution is -0.136. The average Bonchev–Trinajstić information content (AvgIpc) is 2.19. The highest BCUT2D eigenvalue weighted by atomic mass is 16.4. The van der Waals surface area contributed by atoms with E-state index in [2.05, 4.69) is 4.98 Å². The molecule has 0 unspecified atom stereocenters. The van der Waals surface area contributed by atoms with Crippen molar-refractivity contribution >= 4 is 16.9 Å². The number of carbonyl (C=O) groups is 1. The van der Waals surface area contributed by atoms with E-state index in [1.165, 1.54) is 0 Å². The molecular formula is C12H11NO2. The summed E-state index contributed by atoms with van der Waals surface area (Å²) in [5, 5.41) is 9.79. The summed E-state index contributed by atoms with van der Waals surface area (Å²) in [6, 6.07) is 7.56. The molecule has 76 valence electrons. The van der Waals surface area contributed by atoms with Gasteiger partial charge in [-0.3, -0.25) is 9.78 Å². The number of aryl methyl sites for hydroxylation is 1. The van der Waals surface area contributed by atoms with Gasteiger partial charge in [0.25, 0.3) is 0 Å². The van der Waals surface area contributed by atoms with Gasteiger partial charge in [0.15, 0.2) is 0 Å². The smallest absolute Gasteiger partial charge is 0.307 e. The SMILES string of the molecule is Cc1ccnc2c(CC(=O)O)cccc12. The highest BCUT2D eigenvalue weighted by Crippen LogP contribution is 2.19. The summed E-state index contributed by atoms with van der Waals surface area (Å²) in [6.07, 6.45) is 1.73. The molecule has 15 heavy (non-hydrogen) atoms. The number of para-hydroxylation sites is 1. The highest BCUT2D eigenvalue weighted by molar-refractivity contribution is 5.87. The van der Waals surface area contributed by atoms with Crippen molar-refractivity contribution in [2.45, 2.75) is 13.3 Å². The van der Waals surface area contributed by atoms with Gasteiger partial charge in [-0.2, -0.15) is 0 Å². The van der Waals surface area contributed by atoms with E-state index < -0.39 is 5.97 Å². The molecule has 0 radical (unpaired) electrons. The van der Waals surface area contributed by atoms with Crippen LogP contribution in [0.3, 0.4) is 0 Å². The number of nitrogens with zero attached hydrogens (tertiary/aromatic N) is 1. The maximum absolute atomic E-state index is 10.7. The third-order valence-electron chi connectivity index (χ3n) is 2.41. The molecule has 0 amide bonds. The van der Waals surface area contributed by atoms with Gasteiger partial charge in [0.1, 0.15) is 0 Å². The van der Waals surface area contributed by atoms with Gasteiger partial charge in [0, 0.05) is 11.6 Å². The van der Waals surface area contributed by atoms with Crippen molar-refractivity contribution in [2.75, 3.05) is 0 Å². The Labute approximate surface area is 87.4 Å². The molecule has 1 heterocycles. The normalized spacial score (nSPS) is 10.5. The van der Waals surface area contributed by atoms with Crippen molar-refractivity contribution in [3.8, 4) is 0 Å². The van der Waals surface area contributed by atoms with Gasteiger partial charge >= 0.3 is 5.97 Å². The Bertz CT molecular complexity index is 520. The molecule has 1 aromatic heterocycles. The van der Waals surface area contributed by atoms with Crippen molar-refractivity contribution in [2.24, 2.45) is 0 Å². The molecule has 0 aliphatic heterocycles. The third kappa shape index (κ3) is 1.81. The van der Waals surface area contributed by atoms with Crippen LogP contribution in [0.1, 0.15) is 11.1 Å². The molecule has 3 heteroatoms. The van der Waals surface area contributed by atoms with Gasteiger partial charge in [0.05, 0.1) is 11.9 Å². The van der Waals surface area contributed by atoms with Crippen LogP contribution in [0, 0.1) is 6.92 Å². The number of rotatable bonds is 2. The molecule has 2 aromatic rings. The fourth-order valence-electron chi connectivity index (χ4n) is 1.68. The molecule has 0 bridgehead atoms. The van der Waals surface area contributed by atoms with Crippen LogP contribution in [0.5, 0.6) is 0 Å². The molecule has 0 atom stereocenters. The fourth-order valence-corrected chi connectivity index (χ4v) is 1.68. The zero-order valence-electron chi connectivity index (χ0n) is 8.40. The summed E-state index contributed by atoms with van der Waals surface area (Å²) in [7, 11) is 0. The monoisotopic (exact) mass is 201 g/mol. The number of hydrogen-bond donors (Lipinski definition) is 1. The van der Waals surface area contributed by atoms with Crippen LogP contribution < -0.4 is 0 Å². The van der Waals surface area contributed by atoms with E-state index in [4.69, 9.17) is 5.11 Å². The van der Waals surface area contributed by atoms with E-state index in [0.717, 1.165) is 22.0 Å². The average molecular weight is 201 g/mol. The van der Waals surface area contributed by atoms with Crippen LogP contribution in [0.4, 0.5) is 0 Å². The van der Waals surface area contributed by atoms with Gasteiger partial charge in [-0.25, -0.2) is 0 Å². The first-order valence-corrected chi connectivity index (χ1v) is 4.73. The number of aliphatic carboxylic acids is 1. The fraction of sp³-hybridized carbons (Fsp3) is 0.167. The predicted molar refractivity (Wildman–Crippen MR) is 57.8 cm³/mol. The van der Waals surface area contributed by atoms with Gasteiger partial charge in [0.2, 0.25) is 0 Å². The minimum Gasteiger partial charge on any atom is -0.481 e. The molecule has 0 aliphatic rings. The van der Waals surface area contributed by atoms with E-state index >= 15 is 0 Å². The second kappa shape index (κ2) is 3.69. The third-order valence-corrected chi connectivity index (χ3v) is 2.41. The molecule has 0 aliphatic carbocycles. The molecule has 1 aromatic carbocycles. The summed E-state index contributed by atoms with van der Waals surface area (Å²) in [5.41, 5.74) is 2.68. The zero-order valence-corrected chi connectivity index (χ0v) is 8.40. The van der Waals surface area contributed by atoms with Crippen LogP contribution in [0.15, 0.2) is 30.5 Å². The molecular weight excluding hydrogens is 190 g/mol. The maximum atomic E-state index is 10.7. The number of fused-ring (bicyclic) bond motifs is 1. The van der Waals surface area contributed by atoms with Crippen molar-refractivity contribution in [3.05, 3.63) is 41.6 Å². The molecule has 1 N–H and O–H groups in total. The summed E-state index contributed by atoms with van der Waals surface area (Å²) in [6.45, 7) is 1.99. The number of hydrogen-bond acceptors (Lipinski definition) is 2. The van der Waals surface area contributed by atoms with E-state index in [9.17, 15) is 4.79 Å². The Morgan fingerprint density at radius 3 is 2.93 bits per heavy atom. The molecule has 0 fully saturated rings. The minimum atomic E-state index is -0.828. The Kier molecular flexibility index (Phi) is 2.37. The lowest BCUT2D eigenvalue weighted by atomic mass is 10.0. The second-order valence-corrected chi connectivity index (χ2v) is 3.51. The van der Waals surface area contributed by atoms with Crippen LogP contribution in [-0.2, 0) is 11.2 Å². The van der Waals surface area contributed by atoms with Gasteiger partial charge in [-0.1, -0.05) is 18.2 Å². The molecule has 0 saturated carbocycles. The van der Waals surface area contributed by atoms with Crippen molar-refractivity contribution in [3.63, 3.8) is 0 Å². The first-order chi connectivity index (χ1) is 7.18. The number of aromatic nitrogens is 1. The Morgan fingerprint density at radius 1 is 1.40 bits per heavy atom. The van der Waals surface area contributed by atoms with E-state index in [-0.39, 0.29) is 6.42 Å². The molecule has 0 spiro atoms. The topological polar surface area (TPSA) is 50.2 Å². The van der Waals surface area contributed by atoms with E-state index in [1.807, 2.05) is 31.2 Å². The van der Waals surface area contributed by atoms with Crippen molar-refractivity contribution in [1.82, 2.24) is 4.98 Å². The van der Waals surface area contributed by atoms with Gasteiger partial charge < -0.3 is 5.11 Å².